The minimum absolute atomic E-state index is 0.0975. The van der Waals surface area contributed by atoms with Gasteiger partial charge in [0.05, 0.1) is 11.2 Å². The van der Waals surface area contributed by atoms with Crippen LogP contribution in [0.4, 0.5) is 0 Å². The van der Waals surface area contributed by atoms with Gasteiger partial charge in [-0.05, 0) is 90.3 Å². The highest BCUT2D eigenvalue weighted by Gasteiger charge is 2.52. The summed E-state index contributed by atoms with van der Waals surface area (Å²) in [5.41, 5.74) is 1.15. The average molecular weight is 464 g/mol. The molecule has 0 amide bonds. The molecule has 1 aromatic rings. The lowest BCUT2D eigenvalue weighted by molar-refractivity contribution is -0.151. The van der Waals surface area contributed by atoms with E-state index >= 15 is 0 Å². The molecule has 1 aliphatic carbocycles. The second-order valence-electron chi connectivity index (χ2n) is 10.7. The van der Waals surface area contributed by atoms with Crippen LogP contribution in [0.25, 0.3) is 0 Å². The van der Waals surface area contributed by atoms with Crippen LogP contribution in [-0.2, 0) is 25.3 Å². The Balaban J connectivity index is 1.56. The summed E-state index contributed by atoms with van der Waals surface area (Å²) in [7, 11) is -0.472. The molecule has 1 aromatic carbocycles. The number of nitrogens with one attached hydrogen (secondary N) is 1. The molecule has 0 spiro atoms. The fraction of sp³-hybridized carbons (Fsp3) is 0.720. The Hall–Kier alpha value is -1.08. The van der Waals surface area contributed by atoms with E-state index in [1.54, 1.807) is 0 Å². The third-order valence-electron chi connectivity index (χ3n) is 6.95. The summed E-state index contributed by atoms with van der Waals surface area (Å²) < 4.78 is 18.0. The second kappa shape index (κ2) is 10.5. The Morgan fingerprint density at radius 2 is 1.81 bits per heavy atom. The van der Waals surface area contributed by atoms with Crippen LogP contribution in [0.1, 0.15) is 79.2 Å². The van der Waals surface area contributed by atoms with Gasteiger partial charge in [0, 0.05) is 10.5 Å². The van der Waals surface area contributed by atoms with Gasteiger partial charge in [0.15, 0.2) is 0 Å². The predicted molar refractivity (Wildman–Crippen MR) is 130 cm³/mol. The lowest BCUT2D eigenvalue weighted by atomic mass is 9.78. The minimum Gasteiger partial charge on any atom is -0.461 e. The molecule has 1 heterocycles. The second-order valence-corrected chi connectivity index (χ2v) is 11.1. The molecule has 1 saturated heterocycles. The summed E-state index contributed by atoms with van der Waals surface area (Å²) in [6.45, 7) is 13.1. The lowest BCUT2D eigenvalue weighted by Gasteiger charge is -2.32. The van der Waals surface area contributed by atoms with E-state index in [0.717, 1.165) is 49.6 Å². The van der Waals surface area contributed by atoms with Crippen molar-refractivity contribution in [2.75, 3.05) is 6.54 Å². The first kappa shape index (κ1) is 25.5. The van der Waals surface area contributed by atoms with Crippen LogP contribution >= 0.6 is 11.6 Å². The molecule has 0 bridgehead atoms. The molecular formula is C25H39BClNO4. The Bertz CT molecular complexity index is 776. The van der Waals surface area contributed by atoms with E-state index in [0.29, 0.717) is 17.5 Å². The number of ether oxygens (including phenoxy) is 1. The molecule has 0 aromatic heterocycles. The van der Waals surface area contributed by atoms with Crippen molar-refractivity contribution in [1.82, 2.24) is 5.32 Å². The third kappa shape index (κ3) is 6.28. The summed E-state index contributed by atoms with van der Waals surface area (Å²) in [5, 5.41) is 4.06. The van der Waals surface area contributed by atoms with Gasteiger partial charge < -0.3 is 19.4 Å². The van der Waals surface area contributed by atoms with Crippen molar-refractivity contribution in [2.24, 2.45) is 5.92 Å². The standard InChI is InChI=1S/C25H39BClNO4/c1-17(2)15-22(23(29)30-19-9-7-8-10-19)28-14-13-18-11-12-20(21(27)16-18)26-31-24(3,4)25(5,6)32-26/h11-12,16-17,19,22,28H,7-10,13-15H2,1-6H3/t22-/m1/s1. The molecule has 2 aliphatic rings. The van der Waals surface area contributed by atoms with Crippen molar-refractivity contribution in [3.63, 3.8) is 0 Å². The van der Waals surface area contributed by atoms with Gasteiger partial charge in [0.1, 0.15) is 12.1 Å². The van der Waals surface area contributed by atoms with Crippen LogP contribution in [-0.4, -0.2) is 43.0 Å². The largest absolute Gasteiger partial charge is 0.496 e. The van der Waals surface area contributed by atoms with Crippen molar-refractivity contribution >= 4 is 30.2 Å². The number of carbonyl (C=O) groups is 1. The van der Waals surface area contributed by atoms with Gasteiger partial charge in [0.2, 0.25) is 0 Å². The minimum atomic E-state index is -0.472. The van der Waals surface area contributed by atoms with E-state index in [2.05, 4.69) is 25.2 Å². The first-order chi connectivity index (χ1) is 15.0. The summed E-state index contributed by atoms with van der Waals surface area (Å²) in [6.07, 6.45) is 5.94. The first-order valence-corrected chi connectivity index (χ1v) is 12.4. The van der Waals surface area contributed by atoms with Gasteiger partial charge in [-0.3, -0.25) is 4.79 Å². The smallest absolute Gasteiger partial charge is 0.461 e. The maximum Gasteiger partial charge on any atom is 0.496 e. The van der Waals surface area contributed by atoms with Crippen molar-refractivity contribution in [3.05, 3.63) is 28.8 Å². The van der Waals surface area contributed by atoms with Crippen LogP contribution in [0, 0.1) is 5.92 Å². The molecule has 7 heteroatoms. The molecule has 1 atom stereocenters. The highest BCUT2D eigenvalue weighted by atomic mass is 35.5. The van der Waals surface area contributed by atoms with Crippen molar-refractivity contribution in [2.45, 2.75) is 103 Å². The van der Waals surface area contributed by atoms with E-state index < -0.39 is 18.3 Å². The third-order valence-corrected chi connectivity index (χ3v) is 7.28. The molecule has 178 valence electrons. The quantitative estimate of drug-likeness (QED) is 0.426. The van der Waals surface area contributed by atoms with E-state index in [1.165, 1.54) is 0 Å². The maximum absolute atomic E-state index is 12.7. The molecular weight excluding hydrogens is 425 g/mol. The van der Waals surface area contributed by atoms with Gasteiger partial charge in [-0.1, -0.05) is 37.6 Å². The predicted octanol–water partition coefficient (Wildman–Crippen LogP) is 4.67. The highest BCUT2D eigenvalue weighted by Crippen LogP contribution is 2.37. The number of benzene rings is 1. The topological polar surface area (TPSA) is 56.8 Å². The average Bonchev–Trinajstić information content (AvgIpc) is 3.26. The Labute approximate surface area is 199 Å². The molecule has 1 aliphatic heterocycles. The van der Waals surface area contributed by atoms with E-state index in [9.17, 15) is 4.79 Å². The fourth-order valence-corrected chi connectivity index (χ4v) is 4.56. The summed E-state index contributed by atoms with van der Waals surface area (Å²) >= 11 is 6.60. The molecule has 1 saturated carbocycles. The highest BCUT2D eigenvalue weighted by molar-refractivity contribution is 6.65. The molecule has 0 unspecified atom stereocenters. The zero-order valence-corrected chi connectivity index (χ0v) is 21.3. The maximum atomic E-state index is 12.7. The van der Waals surface area contributed by atoms with Gasteiger partial charge in [0.25, 0.3) is 0 Å². The molecule has 1 N–H and O–H groups in total. The normalized spacial score (nSPS) is 21.3. The summed E-state index contributed by atoms with van der Waals surface area (Å²) in [4.78, 5) is 12.7. The molecule has 5 nitrogen and oxygen atoms in total. The van der Waals surface area contributed by atoms with Crippen LogP contribution in [0.2, 0.25) is 5.02 Å². The van der Waals surface area contributed by atoms with Crippen molar-refractivity contribution in [3.8, 4) is 0 Å². The molecule has 2 fully saturated rings. The van der Waals surface area contributed by atoms with Gasteiger partial charge in [-0.25, -0.2) is 0 Å². The number of halogens is 1. The van der Waals surface area contributed by atoms with E-state index in [-0.39, 0.29) is 18.1 Å². The van der Waals surface area contributed by atoms with Gasteiger partial charge in [-0.15, -0.1) is 0 Å². The van der Waals surface area contributed by atoms with Crippen LogP contribution in [0.5, 0.6) is 0 Å². The number of rotatable bonds is 9. The Kier molecular flexibility index (Phi) is 8.35. The molecule has 3 rings (SSSR count). The van der Waals surface area contributed by atoms with Gasteiger partial charge in [-0.2, -0.15) is 0 Å². The Morgan fingerprint density at radius 3 is 2.38 bits per heavy atom. The van der Waals surface area contributed by atoms with Crippen molar-refractivity contribution < 1.29 is 18.8 Å². The zero-order valence-electron chi connectivity index (χ0n) is 20.5. The van der Waals surface area contributed by atoms with Crippen LogP contribution in [0.3, 0.4) is 0 Å². The van der Waals surface area contributed by atoms with Crippen LogP contribution in [0.15, 0.2) is 18.2 Å². The lowest BCUT2D eigenvalue weighted by Crippen LogP contribution is -2.41. The monoisotopic (exact) mass is 463 g/mol. The van der Waals surface area contributed by atoms with Crippen molar-refractivity contribution in [1.29, 1.82) is 0 Å². The number of hydrogen-bond acceptors (Lipinski definition) is 5. The summed E-state index contributed by atoms with van der Waals surface area (Å²) in [6, 6.07) is 5.75. The van der Waals surface area contributed by atoms with Gasteiger partial charge >= 0.3 is 13.1 Å². The van der Waals surface area contributed by atoms with E-state index in [1.807, 2.05) is 39.8 Å². The number of carbonyl (C=O) groups excluding carboxylic acids is 1. The summed E-state index contributed by atoms with van der Waals surface area (Å²) in [5.74, 6) is 0.303. The SMILES string of the molecule is CC(C)C[C@@H](NCCc1ccc(B2OC(C)(C)C(C)(C)O2)c(Cl)c1)C(=O)OC1CCCC1. The molecule has 32 heavy (non-hydrogen) atoms. The van der Waals surface area contributed by atoms with Crippen LogP contribution < -0.4 is 10.8 Å². The first-order valence-electron chi connectivity index (χ1n) is 12.1. The number of hydrogen-bond donors (Lipinski definition) is 1. The molecule has 0 radical (unpaired) electrons. The zero-order chi connectivity index (χ0) is 23.5. The number of esters is 1. The Morgan fingerprint density at radius 1 is 1.19 bits per heavy atom. The fourth-order valence-electron chi connectivity index (χ4n) is 4.26. The van der Waals surface area contributed by atoms with E-state index in [4.69, 9.17) is 25.6 Å².